The number of para-hydroxylation sites is 4. The van der Waals surface area contributed by atoms with Crippen molar-refractivity contribution >= 4 is 45.5 Å². The van der Waals surface area contributed by atoms with Crippen molar-refractivity contribution in [2.45, 2.75) is 88.4 Å². The Hall–Kier alpha value is -6.52. The summed E-state index contributed by atoms with van der Waals surface area (Å²) in [4.78, 5) is 10.2. The summed E-state index contributed by atoms with van der Waals surface area (Å²) in [6.07, 6.45) is 30.9. The van der Waals surface area contributed by atoms with Gasteiger partial charge in [-0.05, 0) is 173 Å². The van der Waals surface area contributed by atoms with Crippen LogP contribution in [0.15, 0.2) is 218 Å². The maximum absolute atomic E-state index is 2.56. The Morgan fingerprint density at radius 2 is 0.562 bits per heavy atom. The summed E-state index contributed by atoms with van der Waals surface area (Å²) in [7, 11) is 0. The van der Waals surface area contributed by atoms with E-state index in [1.165, 1.54) is 71.2 Å². The molecular weight excluding hydrogens is 777 g/mol. The first kappa shape index (κ1) is 41.5. The van der Waals surface area contributed by atoms with Gasteiger partial charge in [0.1, 0.15) is 0 Å². The van der Waals surface area contributed by atoms with E-state index in [-0.39, 0.29) is 0 Å². The van der Waals surface area contributed by atoms with Gasteiger partial charge in [0.15, 0.2) is 0 Å². The number of benzene rings is 6. The van der Waals surface area contributed by atoms with Gasteiger partial charge < -0.3 is 19.6 Å². The summed E-state index contributed by atoms with van der Waals surface area (Å²) in [5.74, 6) is 1.08. The number of anilines is 8. The van der Waals surface area contributed by atoms with Crippen LogP contribution in [0.3, 0.4) is 0 Å². The Labute approximate surface area is 382 Å². The van der Waals surface area contributed by atoms with Gasteiger partial charge >= 0.3 is 0 Å². The second-order valence-corrected chi connectivity index (χ2v) is 18.1. The maximum Gasteiger partial charge on any atom is 0.0522 e. The van der Waals surface area contributed by atoms with Crippen molar-refractivity contribution in [1.29, 1.82) is 0 Å². The second kappa shape index (κ2) is 19.9. The van der Waals surface area contributed by atoms with E-state index in [9.17, 15) is 0 Å². The third-order valence-corrected chi connectivity index (χ3v) is 14.1. The first-order valence-corrected chi connectivity index (χ1v) is 24.0. The van der Waals surface area contributed by atoms with Gasteiger partial charge in [0.25, 0.3) is 0 Å². The van der Waals surface area contributed by atoms with Crippen LogP contribution in [0.2, 0.25) is 0 Å². The fraction of sp³-hybridized carbons (Fsp3) is 0.267. The van der Waals surface area contributed by atoms with Gasteiger partial charge in [-0.15, -0.1) is 0 Å². The van der Waals surface area contributed by atoms with E-state index in [1.54, 1.807) is 0 Å². The average Bonchev–Trinajstić information content (AvgIpc) is 3.38. The van der Waals surface area contributed by atoms with Crippen molar-refractivity contribution in [1.82, 2.24) is 0 Å². The smallest absolute Gasteiger partial charge is 0.0522 e. The number of hydrogen-bond acceptors (Lipinski definition) is 4. The molecule has 0 fully saturated rings. The molecule has 6 aromatic rings. The van der Waals surface area contributed by atoms with Crippen molar-refractivity contribution in [3.05, 3.63) is 218 Å². The number of rotatable bonds is 13. The molecule has 322 valence electrons. The largest absolute Gasteiger partial charge is 0.338 e. The Kier molecular flexibility index (Phi) is 12.9. The minimum Gasteiger partial charge on any atom is -0.338 e. The summed E-state index contributed by atoms with van der Waals surface area (Å²) in [6, 6.07) is 64.1. The van der Waals surface area contributed by atoms with Gasteiger partial charge in [-0.2, -0.15) is 0 Å². The molecule has 0 aliphatic heterocycles. The van der Waals surface area contributed by atoms with Crippen molar-refractivity contribution < 1.29 is 0 Å². The molecule has 0 aromatic heterocycles. The lowest BCUT2D eigenvalue weighted by Crippen LogP contribution is -2.35. The van der Waals surface area contributed by atoms with Crippen molar-refractivity contribution in [3.63, 3.8) is 0 Å². The van der Waals surface area contributed by atoms with Crippen LogP contribution >= 0.6 is 0 Å². The van der Waals surface area contributed by atoms with E-state index in [2.05, 4.69) is 238 Å². The highest BCUT2D eigenvalue weighted by molar-refractivity contribution is 5.73. The molecule has 0 spiro atoms. The van der Waals surface area contributed by atoms with Crippen molar-refractivity contribution in [2.24, 2.45) is 11.8 Å². The minimum absolute atomic E-state index is 0.294. The summed E-state index contributed by atoms with van der Waals surface area (Å²) < 4.78 is 0. The molecular formula is C60H62N4. The van der Waals surface area contributed by atoms with Crippen LogP contribution in [0.1, 0.15) is 64.2 Å². The molecule has 10 rings (SSSR count). The molecule has 0 heterocycles. The Morgan fingerprint density at radius 1 is 0.266 bits per heavy atom. The molecule has 0 N–H and O–H groups in total. The monoisotopic (exact) mass is 838 g/mol. The third-order valence-electron chi connectivity index (χ3n) is 14.1. The van der Waals surface area contributed by atoms with Crippen LogP contribution < -0.4 is 19.6 Å². The van der Waals surface area contributed by atoms with E-state index in [0.29, 0.717) is 36.0 Å². The van der Waals surface area contributed by atoms with Crippen LogP contribution in [-0.4, -0.2) is 24.2 Å². The molecule has 0 bridgehead atoms. The predicted octanol–water partition coefficient (Wildman–Crippen LogP) is 15.8. The van der Waals surface area contributed by atoms with E-state index in [4.69, 9.17) is 0 Å². The van der Waals surface area contributed by atoms with Crippen LogP contribution in [0.5, 0.6) is 0 Å². The van der Waals surface area contributed by atoms with E-state index in [0.717, 1.165) is 38.5 Å². The number of nitrogens with zero attached hydrogens (tertiary/aromatic N) is 4. The predicted molar refractivity (Wildman–Crippen MR) is 272 cm³/mol. The normalized spacial score (nSPS) is 22.8. The minimum atomic E-state index is 0.294. The fourth-order valence-corrected chi connectivity index (χ4v) is 10.9. The molecule has 4 aliphatic rings. The van der Waals surface area contributed by atoms with Crippen LogP contribution in [-0.2, 0) is 0 Å². The zero-order valence-corrected chi connectivity index (χ0v) is 37.1. The average molecular weight is 839 g/mol. The zero-order chi connectivity index (χ0) is 42.9. The standard InChI is InChI=1S/C60H62N4/c1-7-19-49(20-8-1)61(50-21-9-2-10-22-50)57-39-43-59(44-40-57)63(53-27-15-5-16-28-53)55-35-31-47(32-36-55)48-33-37-56(38-34-48)64(54-29-17-6-18-30-54)60-45-41-58(42-46-60)62(51-23-11-3-12-24-51)52-25-13-4-14-26-52/h1-9,11-13,15-20,23-24,27-31,33,35,37,39-48,50,52,55-56H,10,14,21-22,25-26,32,34,36,38H2. The molecule has 4 heteroatoms. The molecule has 4 aliphatic carbocycles. The Morgan fingerprint density at radius 3 is 0.844 bits per heavy atom. The SMILES string of the molecule is C1=CCC(N(c2ccccc2)c2ccc(N(c3ccccc3)C3C=CC(C4C=CC(N(c5ccccc5)c5ccc(N(c6ccccc6)C6CC=CCC6)cc5)CC4)CC3)cc2)CC1. The first-order chi connectivity index (χ1) is 31.8. The Bertz CT molecular complexity index is 2320. The lowest BCUT2D eigenvalue weighted by atomic mass is 9.77. The van der Waals surface area contributed by atoms with Crippen LogP contribution in [0, 0.1) is 11.8 Å². The zero-order valence-electron chi connectivity index (χ0n) is 37.1. The quantitative estimate of drug-likeness (QED) is 0.107. The molecule has 0 saturated carbocycles. The molecule has 64 heavy (non-hydrogen) atoms. The number of allylic oxidation sites excluding steroid dienone is 4. The molecule has 0 amide bonds. The molecule has 6 aromatic carbocycles. The maximum atomic E-state index is 2.56. The molecule has 6 unspecified atom stereocenters. The summed E-state index contributed by atoms with van der Waals surface area (Å²) in [5, 5.41) is 0. The van der Waals surface area contributed by atoms with Gasteiger partial charge in [-0.3, -0.25) is 0 Å². The summed E-state index contributed by atoms with van der Waals surface area (Å²) in [6.45, 7) is 0. The molecule has 0 radical (unpaired) electrons. The lowest BCUT2D eigenvalue weighted by Gasteiger charge is -2.39. The molecule has 0 saturated heterocycles. The van der Waals surface area contributed by atoms with Gasteiger partial charge in [0, 0.05) is 57.6 Å². The first-order valence-electron chi connectivity index (χ1n) is 24.0. The van der Waals surface area contributed by atoms with E-state index < -0.39 is 0 Å². The summed E-state index contributed by atoms with van der Waals surface area (Å²) >= 11 is 0. The van der Waals surface area contributed by atoms with Gasteiger partial charge in [0.05, 0.1) is 12.1 Å². The van der Waals surface area contributed by atoms with Crippen molar-refractivity contribution in [2.75, 3.05) is 19.6 Å². The van der Waals surface area contributed by atoms with Crippen molar-refractivity contribution in [3.8, 4) is 0 Å². The van der Waals surface area contributed by atoms with E-state index in [1.807, 2.05) is 0 Å². The van der Waals surface area contributed by atoms with Crippen LogP contribution in [0.4, 0.5) is 45.5 Å². The second-order valence-electron chi connectivity index (χ2n) is 18.1. The van der Waals surface area contributed by atoms with Gasteiger partial charge in [-0.25, -0.2) is 0 Å². The lowest BCUT2D eigenvalue weighted by molar-refractivity contribution is 0.363. The number of hydrogen-bond donors (Lipinski definition) is 0. The highest BCUT2D eigenvalue weighted by atomic mass is 15.2. The molecule has 4 nitrogen and oxygen atoms in total. The van der Waals surface area contributed by atoms with Crippen LogP contribution in [0.25, 0.3) is 0 Å². The highest BCUT2D eigenvalue weighted by Crippen LogP contribution is 2.42. The molecule has 6 atom stereocenters. The fourth-order valence-electron chi connectivity index (χ4n) is 10.9. The van der Waals surface area contributed by atoms with Gasteiger partial charge in [0.2, 0.25) is 0 Å². The Balaban J connectivity index is 0.862. The highest BCUT2D eigenvalue weighted by Gasteiger charge is 2.31. The van der Waals surface area contributed by atoms with Gasteiger partial charge in [-0.1, -0.05) is 121 Å². The summed E-state index contributed by atoms with van der Waals surface area (Å²) in [5.41, 5.74) is 10.0. The van der Waals surface area contributed by atoms with E-state index >= 15 is 0 Å². The third kappa shape index (κ3) is 9.24. The topological polar surface area (TPSA) is 13.0 Å².